The van der Waals surface area contributed by atoms with Gasteiger partial charge in [0.25, 0.3) is 0 Å². The predicted octanol–water partition coefficient (Wildman–Crippen LogP) is 0.309. The lowest BCUT2D eigenvalue weighted by molar-refractivity contribution is 0.400. The van der Waals surface area contributed by atoms with Crippen molar-refractivity contribution in [1.29, 1.82) is 0 Å². The number of sulfonamides is 1. The highest BCUT2D eigenvalue weighted by Crippen LogP contribution is 2.39. The van der Waals surface area contributed by atoms with Crippen molar-refractivity contribution in [3.8, 4) is 0 Å². The van der Waals surface area contributed by atoms with Crippen LogP contribution < -0.4 is 10.5 Å². The van der Waals surface area contributed by atoms with Gasteiger partial charge in [0.05, 0.1) is 12.7 Å². The molecule has 1 aliphatic carbocycles. The molecule has 1 aromatic rings. The van der Waals surface area contributed by atoms with E-state index in [1.807, 2.05) is 13.8 Å². The average molecular weight is 272 g/mol. The average Bonchev–Trinajstić information content (AvgIpc) is 2.99. The van der Waals surface area contributed by atoms with E-state index in [2.05, 4.69) is 9.82 Å². The van der Waals surface area contributed by atoms with Crippen LogP contribution in [0.15, 0.2) is 17.3 Å². The van der Waals surface area contributed by atoms with Crippen LogP contribution in [0.2, 0.25) is 0 Å². The van der Waals surface area contributed by atoms with E-state index in [-0.39, 0.29) is 4.90 Å². The number of hydrogen-bond donors (Lipinski definition) is 2. The fraction of sp³-hybridized carbons (Fsp3) is 0.727. The van der Waals surface area contributed by atoms with Gasteiger partial charge < -0.3 is 5.73 Å². The Morgan fingerprint density at radius 3 is 2.78 bits per heavy atom. The Morgan fingerprint density at radius 1 is 1.56 bits per heavy atom. The fourth-order valence-electron chi connectivity index (χ4n) is 2.03. The number of rotatable bonds is 6. The van der Waals surface area contributed by atoms with Crippen molar-refractivity contribution in [2.24, 2.45) is 11.7 Å². The van der Waals surface area contributed by atoms with E-state index in [4.69, 9.17) is 5.73 Å². The van der Waals surface area contributed by atoms with Crippen molar-refractivity contribution in [2.75, 3.05) is 6.54 Å². The lowest BCUT2D eigenvalue weighted by Crippen LogP contribution is -2.44. The zero-order valence-corrected chi connectivity index (χ0v) is 11.6. The van der Waals surface area contributed by atoms with Crippen LogP contribution in [0, 0.1) is 5.92 Å². The third kappa shape index (κ3) is 2.90. The molecular formula is C11H20N4O2S. The van der Waals surface area contributed by atoms with Crippen molar-refractivity contribution in [3.63, 3.8) is 0 Å². The van der Waals surface area contributed by atoms with Gasteiger partial charge in [0.15, 0.2) is 0 Å². The number of aromatic nitrogens is 2. The Morgan fingerprint density at radius 2 is 2.22 bits per heavy atom. The van der Waals surface area contributed by atoms with Gasteiger partial charge in [-0.15, -0.1) is 0 Å². The van der Waals surface area contributed by atoms with Gasteiger partial charge in [-0.05, 0) is 32.6 Å². The molecule has 0 saturated heterocycles. The Bertz CT molecular complexity index is 517. The van der Waals surface area contributed by atoms with Crippen molar-refractivity contribution in [3.05, 3.63) is 12.4 Å². The van der Waals surface area contributed by atoms with E-state index in [0.29, 0.717) is 19.0 Å². The maximum absolute atomic E-state index is 12.2. The molecule has 2 rings (SSSR count). The van der Waals surface area contributed by atoms with E-state index < -0.39 is 15.6 Å². The summed E-state index contributed by atoms with van der Waals surface area (Å²) in [6.45, 7) is 4.79. The SMILES string of the molecule is CC(C)(NS(=O)(=O)c1cnn(CCN)c1)C1CC1. The van der Waals surface area contributed by atoms with Crippen LogP contribution in [0.25, 0.3) is 0 Å². The minimum absolute atomic E-state index is 0.199. The van der Waals surface area contributed by atoms with Gasteiger partial charge in [-0.2, -0.15) is 5.10 Å². The Kier molecular flexibility index (Phi) is 3.48. The monoisotopic (exact) mass is 272 g/mol. The lowest BCUT2D eigenvalue weighted by Gasteiger charge is -2.25. The molecule has 0 aromatic carbocycles. The molecule has 0 bridgehead atoms. The second-order valence-electron chi connectivity index (χ2n) is 5.33. The van der Waals surface area contributed by atoms with Gasteiger partial charge in [-0.1, -0.05) is 0 Å². The van der Waals surface area contributed by atoms with Crippen LogP contribution >= 0.6 is 0 Å². The van der Waals surface area contributed by atoms with Gasteiger partial charge in [0.2, 0.25) is 10.0 Å². The highest BCUT2D eigenvalue weighted by Gasteiger charge is 2.40. The molecule has 102 valence electrons. The summed E-state index contributed by atoms with van der Waals surface area (Å²) in [5, 5.41) is 3.98. The second-order valence-corrected chi connectivity index (χ2v) is 7.01. The molecule has 6 nitrogen and oxygen atoms in total. The summed E-state index contributed by atoms with van der Waals surface area (Å²) in [5.74, 6) is 0.436. The Balaban J connectivity index is 2.14. The van der Waals surface area contributed by atoms with Crippen LogP contribution in [0.1, 0.15) is 26.7 Å². The van der Waals surface area contributed by atoms with Gasteiger partial charge >= 0.3 is 0 Å². The zero-order valence-electron chi connectivity index (χ0n) is 10.8. The summed E-state index contributed by atoms with van der Waals surface area (Å²) in [7, 11) is -3.49. The summed E-state index contributed by atoms with van der Waals surface area (Å²) >= 11 is 0. The molecule has 1 fully saturated rings. The number of nitrogens with two attached hydrogens (primary N) is 1. The van der Waals surface area contributed by atoms with Crippen LogP contribution in [0.3, 0.4) is 0 Å². The molecule has 1 aliphatic rings. The van der Waals surface area contributed by atoms with E-state index in [1.54, 1.807) is 4.68 Å². The summed E-state index contributed by atoms with van der Waals surface area (Å²) in [5.41, 5.74) is 5.01. The number of hydrogen-bond acceptors (Lipinski definition) is 4. The van der Waals surface area contributed by atoms with Crippen LogP contribution in [0.5, 0.6) is 0 Å². The normalized spacial score (nSPS) is 17.1. The van der Waals surface area contributed by atoms with Gasteiger partial charge in [0.1, 0.15) is 4.90 Å². The van der Waals surface area contributed by atoms with E-state index in [9.17, 15) is 8.42 Å². The molecule has 7 heteroatoms. The third-order valence-electron chi connectivity index (χ3n) is 3.27. The molecule has 0 aliphatic heterocycles. The minimum atomic E-state index is -3.49. The van der Waals surface area contributed by atoms with Gasteiger partial charge in [0, 0.05) is 18.3 Å². The first-order valence-electron chi connectivity index (χ1n) is 6.11. The van der Waals surface area contributed by atoms with Crippen molar-refractivity contribution < 1.29 is 8.42 Å². The first-order valence-corrected chi connectivity index (χ1v) is 7.60. The first kappa shape index (κ1) is 13.5. The summed E-state index contributed by atoms with van der Waals surface area (Å²) < 4.78 is 28.7. The first-order chi connectivity index (χ1) is 8.35. The smallest absolute Gasteiger partial charge is 0.244 e. The topological polar surface area (TPSA) is 90.0 Å². The molecule has 3 N–H and O–H groups in total. The van der Waals surface area contributed by atoms with Crippen molar-refractivity contribution in [2.45, 2.75) is 43.7 Å². The van der Waals surface area contributed by atoms with Gasteiger partial charge in [-0.25, -0.2) is 13.1 Å². The van der Waals surface area contributed by atoms with E-state index in [1.165, 1.54) is 12.4 Å². The maximum Gasteiger partial charge on any atom is 0.244 e. The summed E-state index contributed by atoms with van der Waals surface area (Å²) in [4.78, 5) is 0.199. The van der Waals surface area contributed by atoms with Crippen LogP contribution in [0.4, 0.5) is 0 Å². The number of nitrogens with one attached hydrogen (secondary N) is 1. The second kappa shape index (κ2) is 4.64. The van der Waals surface area contributed by atoms with Crippen LogP contribution in [-0.4, -0.2) is 30.3 Å². The molecule has 1 saturated carbocycles. The lowest BCUT2D eigenvalue weighted by atomic mass is 10.0. The highest BCUT2D eigenvalue weighted by molar-refractivity contribution is 7.89. The molecule has 1 heterocycles. The van der Waals surface area contributed by atoms with E-state index >= 15 is 0 Å². The summed E-state index contributed by atoms with van der Waals surface area (Å²) in [6.07, 6.45) is 5.04. The van der Waals surface area contributed by atoms with Crippen LogP contribution in [-0.2, 0) is 16.6 Å². The zero-order chi connectivity index (χ0) is 13.4. The van der Waals surface area contributed by atoms with Gasteiger partial charge in [-0.3, -0.25) is 4.68 Å². The minimum Gasteiger partial charge on any atom is -0.329 e. The fourth-order valence-corrected chi connectivity index (χ4v) is 3.45. The molecular weight excluding hydrogens is 252 g/mol. The standard InChI is InChI=1S/C11H20N4O2S/c1-11(2,9-3-4-9)14-18(16,17)10-7-13-15(8-10)6-5-12/h7-9,14H,3-6,12H2,1-2H3. The molecule has 18 heavy (non-hydrogen) atoms. The Labute approximate surface area is 108 Å². The molecule has 0 unspecified atom stereocenters. The quantitative estimate of drug-likeness (QED) is 0.780. The predicted molar refractivity (Wildman–Crippen MR) is 68.4 cm³/mol. The molecule has 0 atom stereocenters. The highest BCUT2D eigenvalue weighted by atomic mass is 32.2. The Hall–Kier alpha value is -0.920. The largest absolute Gasteiger partial charge is 0.329 e. The molecule has 0 spiro atoms. The molecule has 0 radical (unpaired) electrons. The molecule has 1 aromatic heterocycles. The van der Waals surface area contributed by atoms with Crippen molar-refractivity contribution >= 4 is 10.0 Å². The van der Waals surface area contributed by atoms with Crippen molar-refractivity contribution in [1.82, 2.24) is 14.5 Å². The summed E-state index contributed by atoms with van der Waals surface area (Å²) in [6, 6.07) is 0. The maximum atomic E-state index is 12.2. The number of nitrogens with zero attached hydrogens (tertiary/aromatic N) is 2. The third-order valence-corrected chi connectivity index (χ3v) is 4.90. The molecule has 0 amide bonds. The van der Waals surface area contributed by atoms with E-state index in [0.717, 1.165) is 12.8 Å².